The highest BCUT2D eigenvalue weighted by Gasteiger charge is 2.27. The summed E-state index contributed by atoms with van der Waals surface area (Å²) in [5.74, 6) is 1.11. The summed E-state index contributed by atoms with van der Waals surface area (Å²) in [6.45, 7) is 9.68. The van der Waals surface area contributed by atoms with Gasteiger partial charge in [0, 0.05) is 21.2 Å². The van der Waals surface area contributed by atoms with Crippen LogP contribution in [0.1, 0.15) is 24.7 Å². The van der Waals surface area contributed by atoms with Crippen LogP contribution in [0.3, 0.4) is 0 Å². The van der Waals surface area contributed by atoms with Crippen molar-refractivity contribution in [1.29, 1.82) is 0 Å². The van der Waals surface area contributed by atoms with E-state index in [4.69, 9.17) is 4.74 Å². The summed E-state index contributed by atoms with van der Waals surface area (Å²) in [6.07, 6.45) is 4.28. The van der Waals surface area contributed by atoms with Crippen molar-refractivity contribution >= 4 is 33.4 Å². The number of aromatic nitrogens is 2. The van der Waals surface area contributed by atoms with Gasteiger partial charge in [-0.15, -0.1) is 0 Å². The molecule has 1 aromatic heterocycles. The van der Waals surface area contributed by atoms with E-state index >= 15 is 0 Å². The van der Waals surface area contributed by atoms with Crippen LogP contribution in [0, 0.1) is 0 Å². The van der Waals surface area contributed by atoms with Gasteiger partial charge in [-0.1, -0.05) is 29.0 Å². The highest BCUT2D eigenvalue weighted by Crippen LogP contribution is 2.34. The maximum Gasteiger partial charge on any atom is 0.129 e. The van der Waals surface area contributed by atoms with Gasteiger partial charge in [0.1, 0.15) is 17.2 Å². The molecule has 0 aliphatic carbocycles. The maximum atomic E-state index is 5.87. The second-order valence-electron chi connectivity index (χ2n) is 6.61. The highest BCUT2D eigenvalue weighted by atomic mass is 79.9. The first-order valence-electron chi connectivity index (χ1n) is 7.18. The number of ether oxygens (including phenoxy) is 1. The number of hydrogen-bond acceptors (Lipinski definition) is 3. The van der Waals surface area contributed by atoms with Crippen LogP contribution in [-0.2, 0) is 11.5 Å². The minimum absolute atomic E-state index is 0.395. The zero-order chi connectivity index (χ0) is 14.8. The van der Waals surface area contributed by atoms with E-state index in [2.05, 4.69) is 59.2 Å². The van der Waals surface area contributed by atoms with E-state index in [1.165, 1.54) is 18.9 Å². The summed E-state index contributed by atoms with van der Waals surface area (Å²) in [5, 5.41) is 0. The van der Waals surface area contributed by atoms with Crippen molar-refractivity contribution in [1.82, 2.24) is 14.2 Å². The molecule has 2 rings (SSSR count). The fourth-order valence-corrected chi connectivity index (χ4v) is 3.97. The quantitative estimate of drug-likeness (QED) is 0.428. The molecule has 2 atom stereocenters. The Morgan fingerprint density at radius 1 is 1.50 bits per heavy atom. The molecule has 1 aliphatic rings. The molecule has 114 valence electrons. The molecule has 2 heterocycles. The normalized spacial score (nSPS) is 20.8. The van der Waals surface area contributed by atoms with Gasteiger partial charge in [0.2, 0.25) is 0 Å². The Hall–Kier alpha value is 0.257. The first-order chi connectivity index (χ1) is 9.38. The lowest BCUT2D eigenvalue weighted by atomic mass is 10.2. The Kier molecular flexibility index (Phi) is 5.83. The summed E-state index contributed by atoms with van der Waals surface area (Å²) in [4.78, 5) is 4.57. The Morgan fingerprint density at radius 3 is 2.85 bits per heavy atom. The van der Waals surface area contributed by atoms with Crippen LogP contribution in [-0.4, -0.2) is 35.4 Å². The summed E-state index contributed by atoms with van der Waals surface area (Å²) in [5.41, 5.74) is 0. The molecule has 0 saturated carbocycles. The molecule has 0 radical (unpaired) electrons. The van der Waals surface area contributed by atoms with Crippen molar-refractivity contribution in [3.8, 4) is 0 Å². The largest absolute Gasteiger partial charge is 0.361 e. The molecule has 7 heteroatoms. The second-order valence-corrected chi connectivity index (χ2v) is 13.7. The minimum Gasteiger partial charge on any atom is -0.361 e. The van der Waals surface area contributed by atoms with Gasteiger partial charge in [-0.05, 0) is 34.8 Å². The minimum atomic E-state index is -1.02. The molecule has 0 N–H and O–H groups in total. The summed E-state index contributed by atoms with van der Waals surface area (Å²) >= 11 is 3.58. The van der Waals surface area contributed by atoms with E-state index in [1.807, 2.05) is 6.20 Å². The number of nitrogens with zero attached hydrogens (tertiary/aromatic N) is 3. The molecule has 0 spiro atoms. The van der Waals surface area contributed by atoms with Gasteiger partial charge in [-0.3, -0.25) is 9.24 Å². The molecule has 1 unspecified atom stereocenters. The standard InChI is InChI=1S/C13H25BrN3OPSi/c1-20(2,3)8-7-18-10-16-12(14)9-15-13(16)11-5-4-6-17(11)19/h9,11H,4-8,10,19H2,1-3H3/t11-/m0/s1. The molecule has 20 heavy (non-hydrogen) atoms. The number of hydrogen-bond donors (Lipinski definition) is 0. The average molecular weight is 378 g/mol. The van der Waals surface area contributed by atoms with Crippen LogP contribution in [0.4, 0.5) is 0 Å². The Balaban J connectivity index is 1.95. The fraction of sp³-hybridized carbons (Fsp3) is 0.769. The van der Waals surface area contributed by atoms with Crippen LogP contribution in [0.15, 0.2) is 10.8 Å². The van der Waals surface area contributed by atoms with Gasteiger partial charge in [0.25, 0.3) is 0 Å². The Bertz CT molecular complexity index is 449. The third kappa shape index (κ3) is 4.37. The predicted octanol–water partition coefficient (Wildman–Crippen LogP) is 3.88. The second kappa shape index (κ2) is 7.01. The van der Waals surface area contributed by atoms with E-state index in [0.717, 1.165) is 23.6 Å². The maximum absolute atomic E-state index is 5.87. The fourth-order valence-electron chi connectivity index (χ4n) is 2.36. The molecular formula is C13H25BrN3OPSi. The predicted molar refractivity (Wildman–Crippen MR) is 92.4 cm³/mol. The smallest absolute Gasteiger partial charge is 0.129 e. The third-order valence-corrected chi connectivity index (χ3v) is 6.60. The van der Waals surface area contributed by atoms with Crippen molar-refractivity contribution in [2.75, 3.05) is 13.2 Å². The van der Waals surface area contributed by atoms with E-state index in [9.17, 15) is 0 Å². The van der Waals surface area contributed by atoms with Crippen LogP contribution in [0.2, 0.25) is 25.7 Å². The van der Waals surface area contributed by atoms with Crippen molar-refractivity contribution in [3.05, 3.63) is 16.6 Å². The molecule has 1 aromatic rings. The molecule has 4 nitrogen and oxygen atoms in total. The Labute approximate surface area is 133 Å². The van der Waals surface area contributed by atoms with Gasteiger partial charge in [0.05, 0.1) is 12.2 Å². The van der Waals surface area contributed by atoms with Crippen LogP contribution in [0.5, 0.6) is 0 Å². The number of imidazole rings is 1. The van der Waals surface area contributed by atoms with Crippen molar-refractivity contribution in [2.24, 2.45) is 0 Å². The molecular weight excluding hydrogens is 353 g/mol. The zero-order valence-electron chi connectivity index (χ0n) is 12.6. The first-order valence-corrected chi connectivity index (χ1v) is 12.2. The van der Waals surface area contributed by atoms with Crippen LogP contribution < -0.4 is 0 Å². The SMILES string of the molecule is C[Si](C)(C)CCOCn1c(Br)cnc1[C@@H]1CCCN1P. The van der Waals surface area contributed by atoms with Gasteiger partial charge in [-0.2, -0.15) is 0 Å². The monoisotopic (exact) mass is 377 g/mol. The van der Waals surface area contributed by atoms with E-state index in [-0.39, 0.29) is 0 Å². The highest BCUT2D eigenvalue weighted by molar-refractivity contribution is 9.10. The summed E-state index contributed by atoms with van der Waals surface area (Å²) in [7, 11) is 1.80. The van der Waals surface area contributed by atoms with Crippen LogP contribution in [0.25, 0.3) is 0 Å². The summed E-state index contributed by atoms with van der Waals surface area (Å²) < 4.78 is 11.3. The van der Waals surface area contributed by atoms with Crippen molar-refractivity contribution < 1.29 is 4.74 Å². The van der Waals surface area contributed by atoms with Gasteiger partial charge < -0.3 is 4.74 Å². The molecule has 0 aromatic carbocycles. The van der Waals surface area contributed by atoms with Gasteiger partial charge in [-0.25, -0.2) is 4.98 Å². The average Bonchev–Trinajstić information content (AvgIpc) is 2.90. The third-order valence-electron chi connectivity index (χ3n) is 3.65. The lowest BCUT2D eigenvalue weighted by molar-refractivity contribution is 0.0817. The van der Waals surface area contributed by atoms with E-state index < -0.39 is 8.07 Å². The van der Waals surface area contributed by atoms with Gasteiger partial charge in [0.15, 0.2) is 0 Å². The molecule has 1 fully saturated rings. The molecule has 1 saturated heterocycles. The molecule has 1 aliphatic heterocycles. The van der Waals surface area contributed by atoms with Crippen molar-refractivity contribution in [3.63, 3.8) is 0 Å². The lowest BCUT2D eigenvalue weighted by Gasteiger charge is -2.21. The molecule has 0 bridgehead atoms. The van der Waals surface area contributed by atoms with E-state index in [0.29, 0.717) is 12.8 Å². The van der Waals surface area contributed by atoms with Gasteiger partial charge >= 0.3 is 0 Å². The zero-order valence-corrected chi connectivity index (χ0v) is 16.3. The number of halogens is 1. The number of rotatable bonds is 6. The van der Waals surface area contributed by atoms with E-state index in [1.54, 1.807) is 0 Å². The van der Waals surface area contributed by atoms with Crippen LogP contribution >= 0.6 is 25.3 Å². The van der Waals surface area contributed by atoms with Crippen molar-refractivity contribution in [2.45, 2.75) is 51.3 Å². The summed E-state index contributed by atoms with van der Waals surface area (Å²) in [6, 6.07) is 1.60. The topological polar surface area (TPSA) is 30.3 Å². The lowest BCUT2D eigenvalue weighted by Crippen LogP contribution is -2.23. The first kappa shape index (κ1) is 16.6. The molecule has 0 amide bonds. The Morgan fingerprint density at radius 2 is 2.25 bits per heavy atom.